The van der Waals surface area contributed by atoms with Crippen molar-refractivity contribution in [1.82, 2.24) is 0 Å². The molecule has 1 aliphatic rings. The fraction of sp³-hybridized carbons (Fsp3) is 0.167. The zero-order valence-corrected chi connectivity index (χ0v) is 19.3. The van der Waals surface area contributed by atoms with Crippen LogP contribution in [0.1, 0.15) is 27.9 Å². The summed E-state index contributed by atoms with van der Waals surface area (Å²) in [5.41, 5.74) is -1.25. The van der Waals surface area contributed by atoms with Crippen molar-refractivity contribution in [2.24, 2.45) is 0 Å². The number of nitrogens with zero attached hydrogens (tertiary/aromatic N) is 2. The summed E-state index contributed by atoms with van der Waals surface area (Å²) in [7, 11) is 1.28. The number of hydrogen-bond acceptors (Lipinski definition) is 6. The molecule has 0 spiro atoms. The van der Waals surface area contributed by atoms with Crippen LogP contribution in [0.2, 0.25) is 10.0 Å². The largest absolute Gasteiger partial charge is 0.490 e. The van der Waals surface area contributed by atoms with Crippen molar-refractivity contribution in [2.45, 2.75) is 18.6 Å². The molecule has 1 atom stereocenters. The zero-order chi connectivity index (χ0) is 24.6. The van der Waals surface area contributed by atoms with Gasteiger partial charge in [0, 0.05) is 27.2 Å². The maximum absolute atomic E-state index is 13.4. The normalized spacial score (nSPS) is 16.9. The third kappa shape index (κ3) is 4.11. The lowest BCUT2D eigenvalue weighted by Gasteiger charge is -2.23. The van der Waals surface area contributed by atoms with Crippen molar-refractivity contribution < 1.29 is 24.4 Å². The predicted molar refractivity (Wildman–Crippen MR) is 127 cm³/mol. The average molecular weight is 501 g/mol. The first kappa shape index (κ1) is 23.7. The van der Waals surface area contributed by atoms with E-state index in [4.69, 9.17) is 27.9 Å². The van der Waals surface area contributed by atoms with E-state index in [2.05, 4.69) is 0 Å². The van der Waals surface area contributed by atoms with Gasteiger partial charge in [-0.2, -0.15) is 0 Å². The second kappa shape index (κ2) is 9.06. The summed E-state index contributed by atoms with van der Waals surface area (Å²) in [5.74, 6) is -1.34. The van der Waals surface area contributed by atoms with E-state index in [0.29, 0.717) is 21.3 Å². The Morgan fingerprint density at radius 3 is 2.56 bits per heavy atom. The van der Waals surface area contributed by atoms with Gasteiger partial charge in [0.05, 0.1) is 30.7 Å². The molecule has 1 N–H and O–H groups in total. The number of para-hydroxylation sites is 1. The molecule has 8 nitrogen and oxygen atoms in total. The summed E-state index contributed by atoms with van der Waals surface area (Å²) in [5, 5.41) is 23.6. The number of carbonyl (C=O) groups is 2. The van der Waals surface area contributed by atoms with Crippen molar-refractivity contribution in [3.63, 3.8) is 0 Å². The predicted octanol–water partition coefficient (Wildman–Crippen LogP) is 4.92. The number of halogens is 2. The van der Waals surface area contributed by atoms with Crippen LogP contribution in [-0.4, -0.2) is 28.8 Å². The van der Waals surface area contributed by atoms with Crippen LogP contribution in [0.15, 0.2) is 60.7 Å². The van der Waals surface area contributed by atoms with Crippen molar-refractivity contribution in [2.75, 3.05) is 12.0 Å². The molecule has 1 aliphatic heterocycles. The van der Waals surface area contributed by atoms with Crippen LogP contribution in [0.5, 0.6) is 5.75 Å². The Kier molecular flexibility index (Phi) is 6.31. The van der Waals surface area contributed by atoms with Crippen LogP contribution < -0.4 is 9.64 Å². The number of aliphatic hydroxyl groups is 1. The minimum absolute atomic E-state index is 0.00596. The van der Waals surface area contributed by atoms with Gasteiger partial charge in [-0.15, -0.1) is 0 Å². The smallest absolute Gasteiger partial charge is 0.311 e. The highest BCUT2D eigenvalue weighted by Gasteiger charge is 2.51. The van der Waals surface area contributed by atoms with E-state index in [-0.39, 0.29) is 23.4 Å². The SMILES string of the molecule is COc1ccc(C(=O)CC2(O)C(=O)N(Cc3ccc(Cl)cc3Cl)c3ccccc32)cc1[N+](=O)[O-]. The Bertz CT molecular complexity index is 1330. The van der Waals surface area contributed by atoms with Crippen molar-refractivity contribution in [1.29, 1.82) is 0 Å². The number of rotatable bonds is 7. The number of ketones is 1. The van der Waals surface area contributed by atoms with Crippen LogP contribution in [0.4, 0.5) is 11.4 Å². The summed E-state index contributed by atoms with van der Waals surface area (Å²) >= 11 is 12.2. The summed E-state index contributed by atoms with van der Waals surface area (Å²) < 4.78 is 4.96. The molecule has 0 bridgehead atoms. The van der Waals surface area contributed by atoms with E-state index < -0.39 is 34.3 Å². The molecule has 0 saturated carbocycles. The van der Waals surface area contributed by atoms with Gasteiger partial charge < -0.3 is 14.7 Å². The van der Waals surface area contributed by atoms with E-state index in [1.165, 1.54) is 24.1 Å². The molecule has 0 radical (unpaired) electrons. The molecule has 34 heavy (non-hydrogen) atoms. The van der Waals surface area contributed by atoms with Gasteiger partial charge >= 0.3 is 5.69 Å². The van der Waals surface area contributed by atoms with Crippen LogP contribution >= 0.6 is 23.2 Å². The first-order valence-electron chi connectivity index (χ1n) is 10.1. The Hall–Kier alpha value is -3.46. The molecule has 0 aliphatic carbocycles. The summed E-state index contributed by atoms with van der Waals surface area (Å²) in [6.07, 6.45) is -0.600. The number of carbonyl (C=O) groups excluding carboxylic acids is 2. The third-order valence-corrected chi connectivity index (χ3v) is 6.28. The fourth-order valence-corrected chi connectivity index (χ4v) is 4.46. The molecule has 0 saturated heterocycles. The maximum atomic E-state index is 13.4. The number of methoxy groups -OCH3 is 1. The van der Waals surface area contributed by atoms with Gasteiger partial charge in [-0.1, -0.05) is 47.5 Å². The van der Waals surface area contributed by atoms with E-state index in [1.807, 2.05) is 0 Å². The third-order valence-electron chi connectivity index (χ3n) is 5.70. The van der Waals surface area contributed by atoms with E-state index in [1.54, 1.807) is 42.5 Å². The van der Waals surface area contributed by atoms with Gasteiger partial charge in [0.2, 0.25) is 0 Å². The fourth-order valence-electron chi connectivity index (χ4n) is 4.00. The van der Waals surface area contributed by atoms with E-state index >= 15 is 0 Å². The van der Waals surface area contributed by atoms with Gasteiger partial charge in [0.15, 0.2) is 17.1 Å². The number of fused-ring (bicyclic) bond motifs is 1. The van der Waals surface area contributed by atoms with Crippen LogP contribution in [0.25, 0.3) is 0 Å². The lowest BCUT2D eigenvalue weighted by atomic mass is 9.88. The Morgan fingerprint density at radius 2 is 1.88 bits per heavy atom. The number of ether oxygens (including phenoxy) is 1. The molecule has 1 unspecified atom stereocenters. The topological polar surface area (TPSA) is 110 Å². The molecule has 1 heterocycles. The summed E-state index contributed by atoms with van der Waals surface area (Å²) in [6, 6.07) is 15.2. The Labute approximate surface area is 204 Å². The zero-order valence-electron chi connectivity index (χ0n) is 17.8. The number of anilines is 1. The highest BCUT2D eigenvalue weighted by atomic mass is 35.5. The first-order chi connectivity index (χ1) is 16.2. The average Bonchev–Trinajstić information content (AvgIpc) is 3.02. The second-order valence-electron chi connectivity index (χ2n) is 7.75. The van der Waals surface area contributed by atoms with Gasteiger partial charge in [0.25, 0.3) is 5.91 Å². The molecule has 4 rings (SSSR count). The molecule has 3 aromatic carbocycles. The van der Waals surface area contributed by atoms with E-state index in [9.17, 15) is 24.8 Å². The molecule has 174 valence electrons. The highest BCUT2D eigenvalue weighted by molar-refractivity contribution is 6.35. The quantitative estimate of drug-likeness (QED) is 0.280. The molecule has 3 aromatic rings. The number of amides is 1. The standard InChI is InChI=1S/C24H18Cl2N2O6/c1-34-22-9-7-14(10-20(22)28(32)33)21(29)12-24(31)17-4-2-3-5-19(17)27(23(24)30)13-15-6-8-16(25)11-18(15)26/h2-11,31H,12-13H2,1H3. The van der Waals surface area contributed by atoms with E-state index in [0.717, 1.165) is 6.07 Å². The highest BCUT2D eigenvalue weighted by Crippen LogP contribution is 2.44. The number of nitro benzene ring substituents is 1. The lowest BCUT2D eigenvalue weighted by Crippen LogP contribution is -2.41. The minimum Gasteiger partial charge on any atom is -0.490 e. The van der Waals surface area contributed by atoms with Crippen molar-refractivity contribution in [3.8, 4) is 5.75 Å². The maximum Gasteiger partial charge on any atom is 0.311 e. The molecular weight excluding hydrogens is 483 g/mol. The second-order valence-corrected chi connectivity index (χ2v) is 8.59. The van der Waals surface area contributed by atoms with Gasteiger partial charge in [0.1, 0.15) is 0 Å². The van der Waals surface area contributed by atoms with Gasteiger partial charge in [-0.05, 0) is 35.9 Å². The van der Waals surface area contributed by atoms with Gasteiger partial charge in [-0.3, -0.25) is 19.7 Å². The molecule has 0 aromatic heterocycles. The molecule has 10 heteroatoms. The summed E-state index contributed by atoms with van der Waals surface area (Å²) in [4.78, 5) is 38.5. The van der Waals surface area contributed by atoms with Crippen LogP contribution in [-0.2, 0) is 16.9 Å². The van der Waals surface area contributed by atoms with Crippen molar-refractivity contribution >= 4 is 46.3 Å². The molecule has 0 fully saturated rings. The number of hydrogen-bond donors (Lipinski definition) is 1. The minimum atomic E-state index is -2.15. The number of Topliss-reactive ketones (excluding diaryl/α,β-unsaturated/α-hetero) is 1. The van der Waals surface area contributed by atoms with Crippen LogP contribution in [0, 0.1) is 10.1 Å². The Morgan fingerprint density at radius 1 is 1.15 bits per heavy atom. The monoisotopic (exact) mass is 500 g/mol. The Balaban J connectivity index is 1.68. The number of benzene rings is 3. The van der Waals surface area contributed by atoms with Gasteiger partial charge in [-0.25, -0.2) is 0 Å². The molecule has 1 amide bonds. The number of nitro groups is 1. The van der Waals surface area contributed by atoms with Crippen LogP contribution in [0.3, 0.4) is 0 Å². The van der Waals surface area contributed by atoms with Crippen molar-refractivity contribution in [3.05, 3.63) is 97.5 Å². The lowest BCUT2D eigenvalue weighted by molar-refractivity contribution is -0.385. The summed E-state index contributed by atoms with van der Waals surface area (Å²) in [6.45, 7) is 0.0519. The molecular formula is C24H18Cl2N2O6. The first-order valence-corrected chi connectivity index (χ1v) is 10.8.